The smallest absolute Gasteiger partial charge is 0.304 e. The Kier molecular flexibility index (Phi) is 5.76. The van der Waals surface area contributed by atoms with Gasteiger partial charge in [0.25, 0.3) is 15.9 Å². The molecule has 0 aliphatic rings. The van der Waals surface area contributed by atoms with Crippen molar-refractivity contribution in [2.75, 3.05) is 13.6 Å². The van der Waals surface area contributed by atoms with Crippen LogP contribution in [0.15, 0.2) is 24.3 Å². The molecule has 0 unspecified atom stereocenters. The van der Waals surface area contributed by atoms with Gasteiger partial charge in [0.1, 0.15) is 0 Å². The largest absolute Gasteiger partial charge is 0.481 e. The Balaban J connectivity index is 2.74. The Morgan fingerprint density at radius 2 is 2.05 bits per heavy atom. The highest BCUT2D eigenvalue weighted by Crippen LogP contribution is 2.17. The van der Waals surface area contributed by atoms with Crippen LogP contribution in [0, 0.1) is 10.1 Å². The number of benzene rings is 1. The third kappa shape index (κ3) is 5.10. The zero-order valence-corrected chi connectivity index (χ0v) is 12.0. The highest BCUT2D eigenvalue weighted by atomic mass is 32.2. The maximum Gasteiger partial charge on any atom is 0.304 e. The first-order chi connectivity index (χ1) is 9.74. The number of nitrogens with one attached hydrogen (secondary N) is 1. The molecule has 0 heterocycles. The quantitative estimate of drug-likeness (QED) is 0.525. The predicted octanol–water partition coefficient (Wildman–Crippen LogP) is 0.336. The SMILES string of the molecule is CN(CCC(=O)O)S(=O)(=O)NCc1ccccc1[N+](=O)[O-]. The molecule has 1 aromatic rings. The molecule has 0 spiro atoms. The van der Waals surface area contributed by atoms with E-state index >= 15 is 0 Å². The van der Waals surface area contributed by atoms with Crippen LogP contribution in [0.25, 0.3) is 0 Å². The van der Waals surface area contributed by atoms with E-state index in [4.69, 9.17) is 5.11 Å². The number of hydrogen-bond acceptors (Lipinski definition) is 5. The van der Waals surface area contributed by atoms with E-state index in [2.05, 4.69) is 4.72 Å². The number of para-hydroxylation sites is 1. The summed E-state index contributed by atoms with van der Waals surface area (Å²) < 4.78 is 26.7. The van der Waals surface area contributed by atoms with Crippen LogP contribution in [0.3, 0.4) is 0 Å². The maximum absolute atomic E-state index is 11.8. The molecule has 116 valence electrons. The molecule has 0 saturated heterocycles. The summed E-state index contributed by atoms with van der Waals surface area (Å²) in [6, 6.07) is 5.76. The number of nitro groups is 1. The molecular weight excluding hydrogens is 302 g/mol. The second-order valence-corrected chi connectivity index (χ2v) is 6.04. The summed E-state index contributed by atoms with van der Waals surface area (Å²) in [6.07, 6.45) is -0.330. The molecule has 1 aromatic carbocycles. The summed E-state index contributed by atoms with van der Waals surface area (Å²) in [4.78, 5) is 20.6. The summed E-state index contributed by atoms with van der Waals surface area (Å²) in [5.41, 5.74) is 0.0334. The number of rotatable bonds is 8. The predicted molar refractivity (Wildman–Crippen MR) is 73.7 cm³/mol. The van der Waals surface area contributed by atoms with E-state index in [-0.39, 0.29) is 30.8 Å². The van der Waals surface area contributed by atoms with Crippen molar-refractivity contribution in [1.29, 1.82) is 0 Å². The lowest BCUT2D eigenvalue weighted by molar-refractivity contribution is -0.385. The monoisotopic (exact) mass is 317 g/mol. The van der Waals surface area contributed by atoms with Crippen molar-refractivity contribution >= 4 is 21.9 Å². The van der Waals surface area contributed by atoms with Crippen LogP contribution in [0.2, 0.25) is 0 Å². The summed E-state index contributed by atoms with van der Waals surface area (Å²) >= 11 is 0. The number of hydrogen-bond donors (Lipinski definition) is 2. The fourth-order valence-corrected chi connectivity index (χ4v) is 2.38. The van der Waals surface area contributed by atoms with E-state index in [1.54, 1.807) is 6.07 Å². The maximum atomic E-state index is 11.8. The number of nitrogens with zero attached hydrogens (tertiary/aromatic N) is 2. The van der Waals surface area contributed by atoms with E-state index in [0.717, 1.165) is 4.31 Å². The second-order valence-electron chi connectivity index (χ2n) is 4.18. The fraction of sp³-hybridized carbons (Fsp3) is 0.364. The van der Waals surface area contributed by atoms with Gasteiger partial charge in [0.05, 0.1) is 11.3 Å². The summed E-state index contributed by atoms with van der Waals surface area (Å²) in [5, 5.41) is 19.3. The molecular formula is C11H15N3O6S. The Hall–Kier alpha value is -2.04. The van der Waals surface area contributed by atoms with Crippen molar-refractivity contribution in [3.63, 3.8) is 0 Å². The van der Waals surface area contributed by atoms with Gasteiger partial charge in [-0.3, -0.25) is 14.9 Å². The minimum atomic E-state index is -3.90. The van der Waals surface area contributed by atoms with Gasteiger partial charge in [-0.2, -0.15) is 17.4 Å². The van der Waals surface area contributed by atoms with Gasteiger partial charge in [0, 0.05) is 31.8 Å². The highest BCUT2D eigenvalue weighted by molar-refractivity contribution is 7.87. The standard InChI is InChI=1S/C11H15N3O6S/c1-13(7-6-11(15)16)21(19,20)12-8-9-4-2-3-5-10(9)14(17)18/h2-5,12H,6-8H2,1H3,(H,15,16). The van der Waals surface area contributed by atoms with Gasteiger partial charge >= 0.3 is 5.97 Å². The van der Waals surface area contributed by atoms with Crippen molar-refractivity contribution in [1.82, 2.24) is 9.03 Å². The van der Waals surface area contributed by atoms with E-state index in [1.165, 1.54) is 25.2 Å². The third-order valence-corrected chi connectivity index (χ3v) is 4.20. The van der Waals surface area contributed by atoms with E-state index in [0.29, 0.717) is 0 Å². The van der Waals surface area contributed by atoms with Gasteiger partial charge in [-0.25, -0.2) is 0 Å². The first-order valence-electron chi connectivity index (χ1n) is 5.89. The molecule has 0 radical (unpaired) electrons. The summed E-state index contributed by atoms with van der Waals surface area (Å²) in [7, 11) is -2.67. The van der Waals surface area contributed by atoms with Gasteiger partial charge < -0.3 is 5.11 Å². The van der Waals surface area contributed by atoms with Crippen molar-refractivity contribution in [3.05, 3.63) is 39.9 Å². The van der Waals surface area contributed by atoms with Crippen molar-refractivity contribution in [3.8, 4) is 0 Å². The minimum Gasteiger partial charge on any atom is -0.481 e. The molecule has 0 aliphatic carbocycles. The Labute approximate surface area is 121 Å². The topological polar surface area (TPSA) is 130 Å². The summed E-state index contributed by atoms with van der Waals surface area (Å²) in [5.74, 6) is -1.12. The summed E-state index contributed by atoms with van der Waals surface area (Å²) in [6.45, 7) is -0.446. The number of aliphatic carboxylic acids is 1. The van der Waals surface area contributed by atoms with Crippen LogP contribution >= 0.6 is 0 Å². The number of carbonyl (C=O) groups is 1. The molecule has 0 atom stereocenters. The Bertz CT molecular complexity index is 631. The average molecular weight is 317 g/mol. The van der Waals surface area contributed by atoms with Crippen molar-refractivity contribution < 1.29 is 23.2 Å². The third-order valence-electron chi connectivity index (χ3n) is 2.68. The molecule has 0 amide bonds. The first-order valence-corrected chi connectivity index (χ1v) is 7.33. The first kappa shape index (κ1) is 17.0. The molecule has 10 heteroatoms. The second kappa shape index (κ2) is 7.11. The minimum absolute atomic E-state index is 0.187. The van der Waals surface area contributed by atoms with Crippen molar-refractivity contribution in [2.24, 2.45) is 0 Å². The molecule has 0 aliphatic heterocycles. The Morgan fingerprint density at radius 1 is 1.43 bits per heavy atom. The van der Waals surface area contributed by atoms with Crippen LogP contribution in [0.4, 0.5) is 5.69 Å². The molecule has 1 rings (SSSR count). The van der Waals surface area contributed by atoms with Gasteiger partial charge in [-0.05, 0) is 0 Å². The zero-order valence-electron chi connectivity index (χ0n) is 11.2. The van der Waals surface area contributed by atoms with Gasteiger partial charge in [-0.1, -0.05) is 18.2 Å². The molecule has 9 nitrogen and oxygen atoms in total. The zero-order chi connectivity index (χ0) is 16.0. The van der Waals surface area contributed by atoms with Gasteiger partial charge in [0.15, 0.2) is 0 Å². The molecule has 0 bridgehead atoms. The molecule has 2 N–H and O–H groups in total. The van der Waals surface area contributed by atoms with Crippen LogP contribution in [0.1, 0.15) is 12.0 Å². The van der Waals surface area contributed by atoms with Crippen LogP contribution < -0.4 is 4.72 Å². The normalized spacial score (nSPS) is 11.5. The van der Waals surface area contributed by atoms with Crippen LogP contribution in [-0.2, 0) is 21.5 Å². The lowest BCUT2D eigenvalue weighted by Gasteiger charge is -2.16. The van der Waals surface area contributed by atoms with E-state index in [9.17, 15) is 23.3 Å². The fourth-order valence-electron chi connectivity index (χ4n) is 1.49. The molecule has 0 fully saturated rings. The van der Waals surface area contributed by atoms with Crippen LogP contribution in [-0.4, -0.2) is 42.3 Å². The number of carboxylic acid groups (broad SMARTS) is 1. The lowest BCUT2D eigenvalue weighted by atomic mass is 10.2. The van der Waals surface area contributed by atoms with E-state index < -0.39 is 21.1 Å². The van der Waals surface area contributed by atoms with Crippen LogP contribution in [0.5, 0.6) is 0 Å². The highest BCUT2D eigenvalue weighted by Gasteiger charge is 2.20. The molecule has 21 heavy (non-hydrogen) atoms. The van der Waals surface area contributed by atoms with Gasteiger partial charge in [0.2, 0.25) is 0 Å². The van der Waals surface area contributed by atoms with E-state index in [1.807, 2.05) is 0 Å². The molecule has 0 aromatic heterocycles. The number of nitro benzene ring substituents is 1. The average Bonchev–Trinajstić information content (AvgIpc) is 2.42. The molecule has 0 saturated carbocycles. The number of carboxylic acids is 1. The Morgan fingerprint density at radius 3 is 2.62 bits per heavy atom. The van der Waals surface area contributed by atoms with Crippen molar-refractivity contribution in [2.45, 2.75) is 13.0 Å². The lowest BCUT2D eigenvalue weighted by Crippen LogP contribution is -2.38. The van der Waals surface area contributed by atoms with Gasteiger partial charge in [-0.15, -0.1) is 0 Å².